The first-order chi connectivity index (χ1) is 10.3. The lowest BCUT2D eigenvalue weighted by atomic mass is 9.78. The average molecular weight is 280 g/mol. The minimum atomic E-state index is -0.186. The molecule has 0 unspecified atom stereocenters. The molecule has 21 heavy (non-hydrogen) atoms. The molecular formula is C20H21F. The molecule has 1 aliphatic rings. The Hall–Kier alpha value is -1.89. The van der Waals surface area contributed by atoms with Crippen LogP contribution in [0.2, 0.25) is 0 Å². The van der Waals surface area contributed by atoms with E-state index in [1.165, 1.54) is 43.4 Å². The van der Waals surface area contributed by atoms with Gasteiger partial charge in [0.25, 0.3) is 0 Å². The van der Waals surface area contributed by atoms with Crippen LogP contribution < -0.4 is 0 Å². The molecule has 2 aromatic carbocycles. The van der Waals surface area contributed by atoms with Gasteiger partial charge in [0, 0.05) is 0 Å². The van der Waals surface area contributed by atoms with E-state index < -0.39 is 0 Å². The van der Waals surface area contributed by atoms with Crippen molar-refractivity contribution < 1.29 is 4.39 Å². The third-order valence-corrected chi connectivity index (χ3v) is 4.66. The summed E-state index contributed by atoms with van der Waals surface area (Å²) in [7, 11) is 0. The summed E-state index contributed by atoms with van der Waals surface area (Å²) >= 11 is 0. The van der Waals surface area contributed by atoms with Crippen LogP contribution in [0.1, 0.15) is 37.2 Å². The second kappa shape index (κ2) is 6.26. The van der Waals surface area contributed by atoms with Crippen molar-refractivity contribution in [3.63, 3.8) is 0 Å². The van der Waals surface area contributed by atoms with Crippen LogP contribution in [0.5, 0.6) is 0 Å². The molecule has 0 spiro atoms. The Balaban J connectivity index is 1.72. The summed E-state index contributed by atoms with van der Waals surface area (Å²) in [6, 6.07) is 15.5. The highest BCUT2D eigenvalue weighted by Crippen LogP contribution is 2.36. The highest BCUT2D eigenvalue weighted by molar-refractivity contribution is 5.63. The maximum atomic E-state index is 13.0. The Morgan fingerprint density at radius 1 is 0.810 bits per heavy atom. The van der Waals surface area contributed by atoms with Gasteiger partial charge in [-0.3, -0.25) is 0 Å². The van der Waals surface area contributed by atoms with E-state index in [1.54, 1.807) is 0 Å². The molecule has 0 N–H and O–H groups in total. The van der Waals surface area contributed by atoms with Gasteiger partial charge in [-0.25, -0.2) is 4.39 Å². The molecule has 1 fully saturated rings. The monoisotopic (exact) mass is 280 g/mol. The molecule has 0 amide bonds. The summed E-state index contributed by atoms with van der Waals surface area (Å²) < 4.78 is 13.0. The van der Waals surface area contributed by atoms with Crippen molar-refractivity contribution in [2.24, 2.45) is 5.92 Å². The van der Waals surface area contributed by atoms with Crippen LogP contribution in [0.4, 0.5) is 4.39 Å². The first kappa shape index (κ1) is 14.1. The van der Waals surface area contributed by atoms with Gasteiger partial charge in [-0.2, -0.15) is 0 Å². The molecule has 108 valence electrons. The normalized spacial score (nSPS) is 22.0. The van der Waals surface area contributed by atoms with Crippen LogP contribution in [-0.4, -0.2) is 0 Å². The van der Waals surface area contributed by atoms with E-state index in [0.717, 1.165) is 11.1 Å². The highest BCUT2D eigenvalue weighted by atomic mass is 19.1. The fourth-order valence-electron chi connectivity index (χ4n) is 3.28. The Morgan fingerprint density at radius 3 is 1.86 bits per heavy atom. The van der Waals surface area contributed by atoms with Gasteiger partial charge in [-0.05, 0) is 66.3 Å². The zero-order valence-corrected chi connectivity index (χ0v) is 12.3. The Kier molecular flexibility index (Phi) is 4.19. The number of benzene rings is 2. The average Bonchev–Trinajstić information content (AvgIpc) is 2.56. The molecule has 0 bridgehead atoms. The molecule has 1 heteroatoms. The molecule has 0 atom stereocenters. The molecule has 0 radical (unpaired) electrons. The number of allylic oxidation sites excluding steroid dienone is 1. The van der Waals surface area contributed by atoms with Crippen molar-refractivity contribution >= 4 is 0 Å². The van der Waals surface area contributed by atoms with E-state index in [0.29, 0.717) is 11.8 Å². The summed E-state index contributed by atoms with van der Waals surface area (Å²) in [5.74, 6) is 1.21. The van der Waals surface area contributed by atoms with Crippen LogP contribution in [0.3, 0.4) is 0 Å². The Bertz CT molecular complexity index is 587. The number of halogens is 1. The summed E-state index contributed by atoms with van der Waals surface area (Å²) in [5.41, 5.74) is 3.65. The summed E-state index contributed by atoms with van der Waals surface area (Å²) in [6.45, 7) is 3.91. The maximum Gasteiger partial charge on any atom is 0.123 e. The molecule has 1 saturated carbocycles. The van der Waals surface area contributed by atoms with E-state index in [2.05, 4.69) is 36.9 Å². The van der Waals surface area contributed by atoms with Crippen molar-refractivity contribution in [3.05, 3.63) is 72.6 Å². The summed E-state index contributed by atoms with van der Waals surface area (Å²) in [4.78, 5) is 0. The van der Waals surface area contributed by atoms with E-state index in [9.17, 15) is 4.39 Å². The zero-order valence-electron chi connectivity index (χ0n) is 12.3. The van der Waals surface area contributed by atoms with Crippen LogP contribution in [0, 0.1) is 11.7 Å². The van der Waals surface area contributed by atoms with Gasteiger partial charge in [0.15, 0.2) is 0 Å². The fourth-order valence-corrected chi connectivity index (χ4v) is 3.28. The van der Waals surface area contributed by atoms with Gasteiger partial charge >= 0.3 is 0 Å². The van der Waals surface area contributed by atoms with E-state index in [-0.39, 0.29) is 5.82 Å². The van der Waals surface area contributed by atoms with E-state index in [1.807, 2.05) is 12.1 Å². The van der Waals surface area contributed by atoms with Crippen LogP contribution in [0.15, 0.2) is 61.2 Å². The second-order valence-corrected chi connectivity index (χ2v) is 5.98. The van der Waals surface area contributed by atoms with Gasteiger partial charge in [0.05, 0.1) is 0 Å². The molecular weight excluding hydrogens is 259 g/mol. The molecule has 1 aliphatic carbocycles. The van der Waals surface area contributed by atoms with Crippen LogP contribution in [0.25, 0.3) is 11.1 Å². The smallest absolute Gasteiger partial charge is 0.123 e. The molecule has 0 heterocycles. The van der Waals surface area contributed by atoms with Gasteiger partial charge in [0.2, 0.25) is 0 Å². The van der Waals surface area contributed by atoms with Crippen LogP contribution >= 0.6 is 0 Å². The van der Waals surface area contributed by atoms with Crippen molar-refractivity contribution in [1.29, 1.82) is 0 Å². The lowest BCUT2D eigenvalue weighted by Gasteiger charge is -2.27. The fraction of sp³-hybridized carbons (Fsp3) is 0.300. The van der Waals surface area contributed by atoms with Crippen LogP contribution in [-0.2, 0) is 0 Å². The highest BCUT2D eigenvalue weighted by Gasteiger charge is 2.20. The lowest BCUT2D eigenvalue weighted by molar-refractivity contribution is 0.376. The zero-order chi connectivity index (χ0) is 14.7. The molecule has 3 rings (SSSR count). The Morgan fingerprint density at radius 2 is 1.33 bits per heavy atom. The SMILES string of the molecule is C=CC1CCC(c2ccc(-c3ccc(F)cc3)cc2)CC1. The van der Waals surface area contributed by atoms with E-state index >= 15 is 0 Å². The second-order valence-electron chi connectivity index (χ2n) is 5.98. The predicted molar refractivity (Wildman–Crippen MR) is 86.7 cm³/mol. The summed E-state index contributed by atoms with van der Waals surface area (Å²) in [5, 5.41) is 0. The van der Waals surface area contributed by atoms with Gasteiger partial charge < -0.3 is 0 Å². The topological polar surface area (TPSA) is 0 Å². The number of rotatable bonds is 3. The molecule has 0 aliphatic heterocycles. The standard InChI is InChI=1S/C20H21F/c1-2-15-3-5-16(6-4-15)17-7-9-18(10-8-17)19-11-13-20(21)14-12-19/h2,7-16H,1,3-6H2. The third kappa shape index (κ3) is 3.24. The first-order valence-corrected chi connectivity index (χ1v) is 7.74. The lowest BCUT2D eigenvalue weighted by Crippen LogP contribution is -2.11. The quantitative estimate of drug-likeness (QED) is 0.609. The number of hydrogen-bond acceptors (Lipinski definition) is 0. The third-order valence-electron chi connectivity index (χ3n) is 4.66. The van der Waals surface area contributed by atoms with E-state index in [4.69, 9.17) is 0 Å². The van der Waals surface area contributed by atoms with Crippen molar-refractivity contribution in [1.82, 2.24) is 0 Å². The van der Waals surface area contributed by atoms with Crippen molar-refractivity contribution in [2.45, 2.75) is 31.6 Å². The summed E-state index contributed by atoms with van der Waals surface area (Å²) in [6.07, 6.45) is 7.13. The first-order valence-electron chi connectivity index (χ1n) is 7.74. The van der Waals surface area contributed by atoms with Gasteiger partial charge in [-0.1, -0.05) is 42.5 Å². The molecule has 0 saturated heterocycles. The van der Waals surface area contributed by atoms with Crippen molar-refractivity contribution in [3.8, 4) is 11.1 Å². The maximum absolute atomic E-state index is 13.0. The largest absolute Gasteiger partial charge is 0.207 e. The Labute approximate surface area is 126 Å². The van der Waals surface area contributed by atoms with Gasteiger partial charge in [0.1, 0.15) is 5.82 Å². The number of hydrogen-bond donors (Lipinski definition) is 0. The minimum absolute atomic E-state index is 0.186. The van der Waals surface area contributed by atoms with Gasteiger partial charge in [-0.15, -0.1) is 6.58 Å². The van der Waals surface area contributed by atoms with Crippen molar-refractivity contribution in [2.75, 3.05) is 0 Å². The minimum Gasteiger partial charge on any atom is -0.207 e. The predicted octanol–water partition coefficient (Wildman–Crippen LogP) is 5.95. The molecule has 0 aromatic heterocycles. The molecule has 0 nitrogen and oxygen atoms in total. The molecule has 2 aromatic rings.